The molecule has 0 atom stereocenters. The van der Waals surface area contributed by atoms with E-state index in [-0.39, 0.29) is 36.0 Å². The Hall–Kier alpha value is -2.97. The number of rotatable bonds is 8. The molecule has 0 saturated carbocycles. The number of ether oxygens (including phenoxy) is 2. The largest absolute Gasteiger partial charge is 0.466 e. The maximum Gasteiger partial charge on any atom is 0.339 e. The first-order valence-electron chi connectivity index (χ1n) is 9.30. The Morgan fingerprint density at radius 3 is 2.43 bits per heavy atom. The number of carbonyl (C=O) groups is 4. The number of aromatic nitrogens is 1. The van der Waals surface area contributed by atoms with E-state index >= 15 is 0 Å². The molecule has 0 unspecified atom stereocenters. The number of unbranched alkanes of at least 4 members (excludes halogenated alkanes) is 1. The van der Waals surface area contributed by atoms with Crippen molar-refractivity contribution in [3.63, 3.8) is 0 Å². The summed E-state index contributed by atoms with van der Waals surface area (Å²) in [6.45, 7) is 2.98. The average molecular weight is 391 g/mol. The molecule has 1 fully saturated rings. The SMILES string of the molecule is CCOC(=O)CCCCC(=O)N1CCCN1C(=O)c1ccc(C(=O)OC)cn1. The first kappa shape index (κ1) is 21.3. The van der Waals surface area contributed by atoms with E-state index in [0.29, 0.717) is 39.0 Å². The van der Waals surface area contributed by atoms with Crippen LogP contribution in [0.25, 0.3) is 0 Å². The number of hydrogen-bond acceptors (Lipinski definition) is 7. The van der Waals surface area contributed by atoms with Gasteiger partial charge in [-0.25, -0.2) is 9.80 Å². The summed E-state index contributed by atoms with van der Waals surface area (Å²) in [4.78, 5) is 52.0. The van der Waals surface area contributed by atoms with Gasteiger partial charge in [0.15, 0.2) is 0 Å². The summed E-state index contributed by atoms with van der Waals surface area (Å²) < 4.78 is 9.46. The van der Waals surface area contributed by atoms with Crippen molar-refractivity contribution in [1.29, 1.82) is 0 Å². The smallest absolute Gasteiger partial charge is 0.339 e. The lowest BCUT2D eigenvalue weighted by molar-refractivity contribution is -0.144. The number of hydrogen-bond donors (Lipinski definition) is 0. The summed E-state index contributed by atoms with van der Waals surface area (Å²) >= 11 is 0. The first-order valence-corrected chi connectivity index (χ1v) is 9.30. The van der Waals surface area contributed by atoms with Gasteiger partial charge in [-0.15, -0.1) is 0 Å². The molecule has 0 aromatic carbocycles. The highest BCUT2D eigenvalue weighted by Crippen LogP contribution is 2.17. The molecular formula is C19H25N3O6. The van der Waals surface area contributed by atoms with Crippen LogP contribution in [-0.4, -0.2) is 65.6 Å². The van der Waals surface area contributed by atoms with Gasteiger partial charge in [0.1, 0.15) is 5.69 Å². The summed E-state index contributed by atoms with van der Waals surface area (Å²) in [6.07, 6.45) is 3.58. The van der Waals surface area contributed by atoms with Crippen LogP contribution < -0.4 is 0 Å². The van der Waals surface area contributed by atoms with Crippen molar-refractivity contribution in [2.75, 3.05) is 26.8 Å². The van der Waals surface area contributed by atoms with E-state index in [1.54, 1.807) is 6.92 Å². The molecule has 1 aliphatic heterocycles. The van der Waals surface area contributed by atoms with E-state index in [1.165, 1.54) is 35.5 Å². The van der Waals surface area contributed by atoms with E-state index in [4.69, 9.17) is 4.74 Å². The quantitative estimate of drug-likeness (QED) is 0.489. The van der Waals surface area contributed by atoms with Crippen LogP contribution in [-0.2, 0) is 19.1 Å². The number of hydrazine groups is 1. The molecule has 0 radical (unpaired) electrons. The van der Waals surface area contributed by atoms with E-state index in [2.05, 4.69) is 9.72 Å². The maximum absolute atomic E-state index is 12.7. The third-order valence-corrected chi connectivity index (χ3v) is 4.28. The second kappa shape index (κ2) is 10.4. The molecule has 0 spiro atoms. The maximum atomic E-state index is 12.7. The highest BCUT2D eigenvalue weighted by Gasteiger charge is 2.31. The Balaban J connectivity index is 1.90. The summed E-state index contributed by atoms with van der Waals surface area (Å²) in [6, 6.07) is 2.90. The van der Waals surface area contributed by atoms with Gasteiger partial charge in [0.05, 0.1) is 19.3 Å². The van der Waals surface area contributed by atoms with Gasteiger partial charge in [-0.1, -0.05) is 0 Å². The molecule has 1 saturated heterocycles. The summed E-state index contributed by atoms with van der Waals surface area (Å²) in [5, 5.41) is 2.82. The Bertz CT molecular complexity index is 719. The Morgan fingerprint density at radius 2 is 1.79 bits per heavy atom. The molecule has 9 nitrogen and oxygen atoms in total. The van der Waals surface area contributed by atoms with Gasteiger partial charge in [0.25, 0.3) is 5.91 Å². The zero-order chi connectivity index (χ0) is 20.5. The van der Waals surface area contributed by atoms with E-state index < -0.39 is 11.9 Å². The topological polar surface area (TPSA) is 106 Å². The lowest BCUT2D eigenvalue weighted by atomic mass is 10.2. The van der Waals surface area contributed by atoms with E-state index in [1.807, 2.05) is 0 Å². The fourth-order valence-corrected chi connectivity index (χ4v) is 2.88. The molecule has 152 valence electrons. The number of pyridine rings is 1. The van der Waals surface area contributed by atoms with Crippen LogP contribution in [0.15, 0.2) is 18.3 Å². The third-order valence-electron chi connectivity index (χ3n) is 4.28. The number of amides is 2. The van der Waals surface area contributed by atoms with Crippen LogP contribution in [0.3, 0.4) is 0 Å². The van der Waals surface area contributed by atoms with Crippen LogP contribution in [0, 0.1) is 0 Å². The number of nitrogens with zero attached hydrogens (tertiary/aromatic N) is 3. The minimum atomic E-state index is -0.535. The van der Waals surface area contributed by atoms with Crippen LogP contribution in [0.4, 0.5) is 0 Å². The van der Waals surface area contributed by atoms with Gasteiger partial charge >= 0.3 is 11.9 Å². The van der Waals surface area contributed by atoms with Gasteiger partial charge in [-0.2, -0.15) is 0 Å². The van der Waals surface area contributed by atoms with Gasteiger partial charge < -0.3 is 9.47 Å². The van der Waals surface area contributed by atoms with Crippen molar-refractivity contribution in [2.45, 2.75) is 39.0 Å². The Morgan fingerprint density at radius 1 is 1.07 bits per heavy atom. The lowest BCUT2D eigenvalue weighted by Crippen LogP contribution is -2.45. The van der Waals surface area contributed by atoms with Gasteiger partial charge in [0.2, 0.25) is 5.91 Å². The summed E-state index contributed by atoms with van der Waals surface area (Å²) in [7, 11) is 1.27. The van der Waals surface area contributed by atoms with Crippen LogP contribution >= 0.6 is 0 Å². The fourth-order valence-electron chi connectivity index (χ4n) is 2.88. The molecule has 2 amide bonds. The second-order valence-electron chi connectivity index (χ2n) is 6.23. The van der Waals surface area contributed by atoms with Crippen LogP contribution in [0.1, 0.15) is 59.9 Å². The molecule has 0 bridgehead atoms. The highest BCUT2D eigenvalue weighted by atomic mass is 16.5. The molecule has 1 aliphatic rings. The van der Waals surface area contributed by atoms with Gasteiger partial charge in [-0.3, -0.25) is 24.4 Å². The molecule has 9 heteroatoms. The zero-order valence-electron chi connectivity index (χ0n) is 16.2. The van der Waals surface area contributed by atoms with Gasteiger partial charge in [0, 0.05) is 32.1 Å². The van der Waals surface area contributed by atoms with Crippen molar-refractivity contribution in [3.05, 3.63) is 29.6 Å². The van der Waals surface area contributed by atoms with E-state index in [0.717, 1.165) is 0 Å². The van der Waals surface area contributed by atoms with E-state index in [9.17, 15) is 19.2 Å². The molecule has 0 aliphatic carbocycles. The predicted octanol–water partition coefficient (Wildman–Crippen LogP) is 1.58. The second-order valence-corrected chi connectivity index (χ2v) is 6.23. The number of methoxy groups -OCH3 is 1. The molecule has 2 rings (SSSR count). The minimum absolute atomic E-state index is 0.148. The number of carbonyl (C=O) groups excluding carboxylic acids is 4. The average Bonchev–Trinajstić information content (AvgIpc) is 3.20. The zero-order valence-corrected chi connectivity index (χ0v) is 16.2. The molecule has 0 N–H and O–H groups in total. The molecular weight excluding hydrogens is 366 g/mol. The summed E-state index contributed by atoms with van der Waals surface area (Å²) in [5.74, 6) is -1.36. The third kappa shape index (κ3) is 5.51. The Kier molecular flexibility index (Phi) is 7.91. The molecule has 1 aromatic rings. The minimum Gasteiger partial charge on any atom is -0.466 e. The van der Waals surface area contributed by atoms with Crippen molar-refractivity contribution >= 4 is 23.8 Å². The molecule has 2 heterocycles. The number of esters is 2. The van der Waals surface area contributed by atoms with Crippen molar-refractivity contribution in [3.8, 4) is 0 Å². The summed E-state index contributed by atoms with van der Waals surface area (Å²) in [5.41, 5.74) is 0.393. The van der Waals surface area contributed by atoms with Crippen LogP contribution in [0.5, 0.6) is 0 Å². The highest BCUT2D eigenvalue weighted by molar-refractivity contribution is 5.95. The first-order chi connectivity index (χ1) is 13.5. The Labute approximate surface area is 163 Å². The monoisotopic (exact) mass is 391 g/mol. The lowest BCUT2D eigenvalue weighted by Gasteiger charge is -2.27. The molecule has 28 heavy (non-hydrogen) atoms. The van der Waals surface area contributed by atoms with Crippen molar-refractivity contribution in [2.24, 2.45) is 0 Å². The molecule has 1 aromatic heterocycles. The predicted molar refractivity (Wildman–Crippen MR) is 98.0 cm³/mol. The standard InChI is InChI=1S/C19H25N3O6/c1-3-28-17(24)8-5-4-7-16(23)21-11-6-12-22(21)18(25)15-10-9-14(13-20-15)19(26)27-2/h9-10,13H,3-8,11-12H2,1-2H3. The van der Waals surface area contributed by atoms with Crippen molar-refractivity contribution in [1.82, 2.24) is 15.0 Å². The van der Waals surface area contributed by atoms with Crippen molar-refractivity contribution < 1.29 is 28.7 Å². The van der Waals surface area contributed by atoms with Gasteiger partial charge in [-0.05, 0) is 38.3 Å². The van der Waals surface area contributed by atoms with Crippen LogP contribution in [0.2, 0.25) is 0 Å². The fraction of sp³-hybridized carbons (Fsp3) is 0.526. The normalized spacial score (nSPS) is 13.4.